The second-order valence-electron chi connectivity index (χ2n) is 10.3. The summed E-state index contributed by atoms with van der Waals surface area (Å²) in [5, 5.41) is 5.69. The van der Waals surface area contributed by atoms with Gasteiger partial charge in [-0.2, -0.15) is 12.6 Å². The lowest BCUT2D eigenvalue weighted by Gasteiger charge is -2.43. The number of benzene rings is 2. The van der Waals surface area contributed by atoms with Crippen LogP contribution in [0.2, 0.25) is 0 Å². The molecular formula is C28H37N3O4S. The Kier molecular flexibility index (Phi) is 9.06. The van der Waals surface area contributed by atoms with Gasteiger partial charge in [-0.1, -0.05) is 48.0 Å². The molecule has 1 fully saturated rings. The van der Waals surface area contributed by atoms with Crippen LogP contribution in [-0.2, 0) is 14.3 Å². The Labute approximate surface area is 219 Å². The van der Waals surface area contributed by atoms with E-state index in [1.807, 2.05) is 62.4 Å². The molecule has 0 saturated heterocycles. The highest BCUT2D eigenvalue weighted by atomic mass is 32.1. The fraction of sp³-hybridized carbons (Fsp3) is 0.464. The number of amides is 3. The molecule has 1 saturated carbocycles. The number of carbonyl (C=O) groups is 3. The van der Waals surface area contributed by atoms with E-state index in [2.05, 4.69) is 23.3 Å². The quantitative estimate of drug-likeness (QED) is 0.426. The first-order valence-corrected chi connectivity index (χ1v) is 13.0. The number of nitrogens with zero attached hydrogens (tertiary/aromatic N) is 1. The average Bonchev–Trinajstić information content (AvgIpc) is 2.76. The zero-order chi connectivity index (χ0) is 26.5. The fourth-order valence-electron chi connectivity index (χ4n) is 4.19. The molecule has 2 aromatic carbocycles. The van der Waals surface area contributed by atoms with Crippen LogP contribution in [0.15, 0.2) is 48.5 Å². The van der Waals surface area contributed by atoms with Crippen LogP contribution in [0.25, 0.3) is 0 Å². The van der Waals surface area contributed by atoms with Crippen LogP contribution < -0.4 is 10.6 Å². The molecule has 1 aliphatic rings. The molecule has 36 heavy (non-hydrogen) atoms. The molecule has 2 atom stereocenters. The van der Waals surface area contributed by atoms with Crippen LogP contribution in [0.3, 0.4) is 0 Å². The lowest BCUT2D eigenvalue weighted by atomic mass is 9.88. The van der Waals surface area contributed by atoms with Crippen molar-refractivity contribution in [2.75, 3.05) is 11.1 Å². The number of alkyl carbamates (subject to hydrolysis) is 1. The van der Waals surface area contributed by atoms with Gasteiger partial charge < -0.3 is 20.3 Å². The topological polar surface area (TPSA) is 87.7 Å². The van der Waals surface area contributed by atoms with Crippen LogP contribution >= 0.6 is 12.6 Å². The summed E-state index contributed by atoms with van der Waals surface area (Å²) in [6.45, 7) is 9.15. The Hall–Kier alpha value is -3.00. The first-order chi connectivity index (χ1) is 17.0. The fourth-order valence-corrected chi connectivity index (χ4v) is 4.44. The van der Waals surface area contributed by atoms with Crippen LogP contribution in [0, 0.1) is 13.8 Å². The number of carbonyl (C=O) groups excluding carboxylic acids is 3. The van der Waals surface area contributed by atoms with Crippen LogP contribution in [0.4, 0.5) is 10.5 Å². The van der Waals surface area contributed by atoms with Crippen molar-refractivity contribution in [3.63, 3.8) is 0 Å². The number of rotatable bonds is 8. The van der Waals surface area contributed by atoms with E-state index >= 15 is 0 Å². The minimum Gasteiger partial charge on any atom is -0.444 e. The first kappa shape index (κ1) is 27.6. The summed E-state index contributed by atoms with van der Waals surface area (Å²) in [6, 6.07) is 13.2. The van der Waals surface area contributed by atoms with Crippen molar-refractivity contribution in [2.45, 2.75) is 77.6 Å². The molecule has 0 aromatic heterocycles. The van der Waals surface area contributed by atoms with Gasteiger partial charge in [0.25, 0.3) is 5.91 Å². The maximum absolute atomic E-state index is 14.0. The molecule has 0 bridgehead atoms. The molecule has 3 rings (SSSR count). The Balaban J connectivity index is 1.98. The Morgan fingerprint density at radius 2 is 1.78 bits per heavy atom. The molecule has 0 heterocycles. The molecule has 2 aromatic rings. The molecule has 194 valence electrons. The van der Waals surface area contributed by atoms with Gasteiger partial charge in [-0.3, -0.25) is 9.59 Å². The lowest BCUT2D eigenvalue weighted by Crippen LogP contribution is -2.57. The molecule has 7 nitrogen and oxygen atoms in total. The highest BCUT2D eigenvalue weighted by Gasteiger charge is 2.41. The van der Waals surface area contributed by atoms with Crippen molar-refractivity contribution in [3.05, 3.63) is 65.2 Å². The predicted molar refractivity (Wildman–Crippen MR) is 145 cm³/mol. The molecule has 3 amide bonds. The van der Waals surface area contributed by atoms with Crippen molar-refractivity contribution in [2.24, 2.45) is 0 Å². The van der Waals surface area contributed by atoms with Gasteiger partial charge in [0.15, 0.2) is 0 Å². The first-order valence-electron chi connectivity index (χ1n) is 12.4. The summed E-state index contributed by atoms with van der Waals surface area (Å²) in [7, 11) is 0. The van der Waals surface area contributed by atoms with Crippen molar-refractivity contribution >= 4 is 36.2 Å². The predicted octanol–water partition coefficient (Wildman–Crippen LogP) is 5.19. The van der Waals surface area contributed by atoms with Gasteiger partial charge in [0.2, 0.25) is 5.91 Å². The van der Waals surface area contributed by atoms with Crippen LogP contribution in [0.5, 0.6) is 0 Å². The Bertz CT molecular complexity index is 1090. The smallest absolute Gasteiger partial charge is 0.408 e. The summed E-state index contributed by atoms with van der Waals surface area (Å²) in [6.07, 6.45) is 1.86. The van der Waals surface area contributed by atoms with E-state index < -0.39 is 23.8 Å². The van der Waals surface area contributed by atoms with E-state index in [4.69, 9.17) is 4.74 Å². The number of nitrogens with one attached hydrogen (secondary N) is 2. The summed E-state index contributed by atoms with van der Waals surface area (Å²) in [5.41, 5.74) is 2.62. The van der Waals surface area contributed by atoms with E-state index in [1.54, 1.807) is 25.7 Å². The Morgan fingerprint density at radius 3 is 2.33 bits per heavy atom. The van der Waals surface area contributed by atoms with E-state index in [0.29, 0.717) is 5.69 Å². The molecule has 0 radical (unpaired) electrons. The number of aryl methyl sites for hydroxylation is 2. The van der Waals surface area contributed by atoms with Gasteiger partial charge in [-0.15, -0.1) is 0 Å². The third-order valence-electron chi connectivity index (χ3n) is 6.18. The van der Waals surface area contributed by atoms with E-state index in [9.17, 15) is 14.4 Å². The summed E-state index contributed by atoms with van der Waals surface area (Å²) < 4.78 is 5.37. The van der Waals surface area contributed by atoms with Crippen molar-refractivity contribution in [3.8, 4) is 0 Å². The van der Waals surface area contributed by atoms with Gasteiger partial charge in [0.05, 0.1) is 0 Å². The third-order valence-corrected chi connectivity index (χ3v) is 6.55. The summed E-state index contributed by atoms with van der Waals surface area (Å²) in [5.74, 6) is -0.585. The maximum atomic E-state index is 14.0. The molecule has 2 N–H and O–H groups in total. The van der Waals surface area contributed by atoms with Crippen molar-refractivity contribution < 1.29 is 19.1 Å². The summed E-state index contributed by atoms with van der Waals surface area (Å²) in [4.78, 5) is 41.9. The number of anilines is 1. The minimum atomic E-state index is -0.942. The number of hydrogen-bond donors (Lipinski definition) is 3. The van der Waals surface area contributed by atoms with Crippen molar-refractivity contribution in [1.29, 1.82) is 0 Å². The molecular weight excluding hydrogens is 474 g/mol. The monoisotopic (exact) mass is 511 g/mol. The van der Waals surface area contributed by atoms with E-state index in [0.717, 1.165) is 36.0 Å². The van der Waals surface area contributed by atoms with Gasteiger partial charge in [0, 0.05) is 17.5 Å². The summed E-state index contributed by atoms with van der Waals surface area (Å²) >= 11 is 4.35. The zero-order valence-corrected chi connectivity index (χ0v) is 22.6. The van der Waals surface area contributed by atoms with Crippen molar-refractivity contribution in [1.82, 2.24) is 10.2 Å². The maximum Gasteiger partial charge on any atom is 0.408 e. The number of thiol groups is 1. The highest BCUT2D eigenvalue weighted by Crippen LogP contribution is 2.35. The third kappa shape index (κ3) is 7.03. The SMILES string of the molecule is Cc1cccc(C(C(=O)Nc2ccccc2C)N(C(=O)C(CS)NC(=O)OC(C)(C)C)C2CCC2)c1. The van der Waals surface area contributed by atoms with Gasteiger partial charge in [0.1, 0.15) is 17.7 Å². The second kappa shape index (κ2) is 11.8. The van der Waals surface area contributed by atoms with E-state index in [1.165, 1.54) is 0 Å². The van der Waals surface area contributed by atoms with Gasteiger partial charge >= 0.3 is 6.09 Å². The molecule has 0 aliphatic heterocycles. The van der Waals surface area contributed by atoms with Gasteiger partial charge in [-0.05, 0) is 71.1 Å². The molecule has 8 heteroatoms. The molecule has 1 aliphatic carbocycles. The van der Waals surface area contributed by atoms with Gasteiger partial charge in [-0.25, -0.2) is 4.79 Å². The number of ether oxygens (including phenoxy) is 1. The normalized spacial score (nSPS) is 15.3. The average molecular weight is 512 g/mol. The largest absolute Gasteiger partial charge is 0.444 e. The Morgan fingerprint density at radius 1 is 1.08 bits per heavy atom. The highest BCUT2D eigenvalue weighted by molar-refractivity contribution is 7.80. The number of para-hydroxylation sites is 1. The lowest BCUT2D eigenvalue weighted by molar-refractivity contribution is -0.145. The second-order valence-corrected chi connectivity index (χ2v) is 10.7. The minimum absolute atomic E-state index is 0.0707. The van der Waals surface area contributed by atoms with Crippen LogP contribution in [0.1, 0.15) is 62.8 Å². The van der Waals surface area contributed by atoms with E-state index in [-0.39, 0.29) is 23.6 Å². The molecule has 2 unspecified atom stereocenters. The standard InChI is InChI=1S/C28H37N3O4S/c1-18-10-8-12-20(16-18)24(25(32)29-22-15-7-6-11-19(22)2)31(21-13-9-14-21)26(33)23(17-36)30-27(34)35-28(3,4)5/h6-8,10-12,15-16,21,23-24,36H,9,13-14,17H2,1-5H3,(H,29,32)(H,30,34). The number of hydrogen-bond acceptors (Lipinski definition) is 5. The van der Waals surface area contributed by atoms with Crippen LogP contribution in [-0.4, -0.2) is 46.2 Å². The molecule has 0 spiro atoms. The zero-order valence-electron chi connectivity index (χ0n) is 21.7.